The standard InChI is InChI=1S/C16H21BO4.C12H17BO3.C6H14O3.C4H5ClO/c1-13(2)16(18)19-11-7-6-10-15-12-20-17(21-15)14-8-4-3-5-9-14;14-9-5-4-8-12-10-15-13(16-12)11-6-2-1-3-7-11;7-4-2-1-3-6(9)5-8;1-3(2)4(5)6/h3-5,8-9,15H,1,6-7,10-12H2,2H3;1-3,6-7,12,14H,4-5,8-10H2;6-9H,1-5H2;1H2,2H3. The van der Waals surface area contributed by atoms with Crippen LogP contribution in [0.1, 0.15) is 71.6 Å². The molecule has 2 aliphatic rings. The fourth-order valence-electron chi connectivity index (χ4n) is 4.60. The summed E-state index contributed by atoms with van der Waals surface area (Å²) in [5.74, 6) is -0.320. The van der Waals surface area contributed by atoms with Gasteiger partial charge in [0.2, 0.25) is 5.24 Å². The van der Waals surface area contributed by atoms with Crippen LogP contribution in [0.25, 0.3) is 0 Å². The second-order valence-electron chi connectivity index (χ2n) is 12.4. The number of rotatable bonds is 18. The third kappa shape index (κ3) is 22.3. The van der Waals surface area contributed by atoms with Gasteiger partial charge in [-0.25, -0.2) is 4.79 Å². The van der Waals surface area contributed by atoms with Crippen LogP contribution in [0.5, 0.6) is 0 Å². The number of allylic oxidation sites excluding steroid dienone is 1. The van der Waals surface area contributed by atoms with E-state index in [1.165, 1.54) is 0 Å². The molecule has 2 fully saturated rings. The average Bonchev–Trinajstić information content (AvgIpc) is 3.83. The molecule has 2 saturated heterocycles. The SMILES string of the molecule is C=C(C)C(=O)Cl.C=C(C)C(=O)OCCCCC1COB(c2ccccc2)O1.OCCCCC(O)CO.OCCCCC1COB(c2ccccc2)O1. The maximum atomic E-state index is 11.2. The quantitative estimate of drug-likeness (QED) is 0.0577. The largest absolute Gasteiger partial charge is 0.494 e. The number of benzene rings is 2. The van der Waals surface area contributed by atoms with E-state index in [9.17, 15) is 9.59 Å². The molecule has 0 aliphatic carbocycles. The molecule has 0 saturated carbocycles. The molecule has 2 aromatic rings. The van der Waals surface area contributed by atoms with E-state index in [1.807, 2.05) is 60.7 Å². The van der Waals surface area contributed by atoms with E-state index in [0.29, 0.717) is 43.8 Å². The first-order chi connectivity index (χ1) is 25.0. The summed E-state index contributed by atoms with van der Waals surface area (Å²) in [5.41, 5.74) is 2.95. The number of hydrogen-bond donors (Lipinski definition) is 4. The Hall–Kier alpha value is -2.84. The third-order valence-corrected chi connectivity index (χ3v) is 7.89. The first-order valence-corrected chi connectivity index (χ1v) is 18.2. The number of halogens is 1. The van der Waals surface area contributed by atoms with E-state index in [0.717, 1.165) is 55.9 Å². The Morgan fingerprint density at radius 1 is 0.769 bits per heavy atom. The van der Waals surface area contributed by atoms with Crippen LogP contribution in [0.15, 0.2) is 85.0 Å². The summed E-state index contributed by atoms with van der Waals surface area (Å²) in [4.78, 5) is 21.0. The topological polar surface area (TPSA) is 161 Å². The van der Waals surface area contributed by atoms with E-state index in [1.54, 1.807) is 13.8 Å². The van der Waals surface area contributed by atoms with Crippen molar-refractivity contribution in [1.29, 1.82) is 0 Å². The number of aliphatic hydroxyl groups excluding tert-OH is 4. The zero-order valence-electron chi connectivity index (χ0n) is 30.7. The number of hydrogen-bond acceptors (Lipinski definition) is 11. The Bertz CT molecular complexity index is 1240. The number of carbonyl (C=O) groups is 2. The highest BCUT2D eigenvalue weighted by Gasteiger charge is 2.33. The molecule has 52 heavy (non-hydrogen) atoms. The first kappa shape index (κ1) is 47.2. The number of carbonyl (C=O) groups excluding carboxylic acids is 2. The van der Waals surface area contributed by atoms with Crippen LogP contribution >= 0.6 is 11.6 Å². The molecule has 3 atom stereocenters. The lowest BCUT2D eigenvalue weighted by Gasteiger charge is -2.09. The molecule has 2 heterocycles. The fourth-order valence-corrected chi connectivity index (χ4v) is 4.60. The lowest BCUT2D eigenvalue weighted by atomic mass is 9.79. The summed E-state index contributed by atoms with van der Waals surface area (Å²) < 4.78 is 28.0. The van der Waals surface area contributed by atoms with Gasteiger partial charge in [-0.2, -0.15) is 0 Å². The molecule has 2 aromatic carbocycles. The predicted molar refractivity (Wildman–Crippen MR) is 206 cm³/mol. The van der Waals surface area contributed by atoms with Gasteiger partial charge in [-0.05, 0) is 94.2 Å². The minimum Gasteiger partial charge on any atom is -0.462 e. The van der Waals surface area contributed by atoms with Crippen molar-refractivity contribution in [3.63, 3.8) is 0 Å². The lowest BCUT2D eigenvalue weighted by Crippen LogP contribution is -2.32. The highest BCUT2D eigenvalue weighted by Crippen LogP contribution is 2.16. The van der Waals surface area contributed by atoms with Gasteiger partial charge in [-0.3, -0.25) is 4.79 Å². The van der Waals surface area contributed by atoms with Crippen molar-refractivity contribution in [3.05, 3.63) is 85.0 Å². The van der Waals surface area contributed by atoms with Crippen LogP contribution in [0.2, 0.25) is 0 Å². The Balaban J connectivity index is 0.000000384. The third-order valence-electron chi connectivity index (χ3n) is 7.57. The summed E-state index contributed by atoms with van der Waals surface area (Å²) in [6, 6.07) is 19.9. The molecule has 14 heteroatoms. The zero-order valence-corrected chi connectivity index (χ0v) is 31.5. The van der Waals surface area contributed by atoms with Crippen molar-refractivity contribution in [2.24, 2.45) is 0 Å². The minimum atomic E-state index is -0.600. The van der Waals surface area contributed by atoms with Gasteiger partial charge in [-0.1, -0.05) is 73.8 Å². The average molecular weight is 747 g/mol. The zero-order chi connectivity index (χ0) is 38.6. The Labute approximate surface area is 315 Å². The smallest absolute Gasteiger partial charge is 0.462 e. The second kappa shape index (κ2) is 29.6. The summed E-state index contributed by atoms with van der Waals surface area (Å²) in [5, 5.41) is 33.6. The fraction of sp³-hybridized carbons (Fsp3) is 0.526. The van der Waals surface area contributed by atoms with E-state index in [-0.39, 0.29) is 52.2 Å². The number of ether oxygens (including phenoxy) is 1. The van der Waals surface area contributed by atoms with E-state index in [4.69, 9.17) is 55.4 Å². The minimum absolute atomic E-state index is 0.118. The number of aliphatic hydroxyl groups is 4. The molecule has 11 nitrogen and oxygen atoms in total. The molecule has 0 spiro atoms. The molecule has 288 valence electrons. The van der Waals surface area contributed by atoms with Crippen molar-refractivity contribution >= 4 is 48.0 Å². The lowest BCUT2D eigenvalue weighted by molar-refractivity contribution is -0.139. The predicted octanol–water partition coefficient (Wildman–Crippen LogP) is 3.88. The number of esters is 1. The van der Waals surface area contributed by atoms with Crippen molar-refractivity contribution in [2.75, 3.05) is 39.6 Å². The summed E-state index contributed by atoms with van der Waals surface area (Å²) in [7, 11) is -0.460. The highest BCUT2D eigenvalue weighted by molar-refractivity contribution is 6.67. The van der Waals surface area contributed by atoms with Crippen LogP contribution in [0.4, 0.5) is 0 Å². The second-order valence-corrected chi connectivity index (χ2v) is 12.8. The van der Waals surface area contributed by atoms with Crippen LogP contribution in [0, 0.1) is 0 Å². The van der Waals surface area contributed by atoms with Crippen molar-refractivity contribution in [1.82, 2.24) is 0 Å². The summed E-state index contributed by atoms with van der Waals surface area (Å²) in [6.45, 7) is 12.0. The van der Waals surface area contributed by atoms with Crippen molar-refractivity contribution in [3.8, 4) is 0 Å². The first-order valence-electron chi connectivity index (χ1n) is 17.8. The van der Waals surface area contributed by atoms with Gasteiger partial charge in [0, 0.05) is 24.4 Å². The van der Waals surface area contributed by atoms with E-state index < -0.39 is 11.3 Å². The van der Waals surface area contributed by atoms with Gasteiger partial charge in [-0.15, -0.1) is 0 Å². The maximum absolute atomic E-state index is 11.2. The molecule has 4 N–H and O–H groups in total. The summed E-state index contributed by atoms with van der Waals surface area (Å²) in [6.07, 6.45) is 7.24. The Morgan fingerprint density at radius 2 is 1.21 bits per heavy atom. The Kier molecular flexibility index (Phi) is 26.9. The van der Waals surface area contributed by atoms with Gasteiger partial charge in [0.05, 0.1) is 44.7 Å². The molecule has 0 aromatic heterocycles. The van der Waals surface area contributed by atoms with Gasteiger partial charge in [0.15, 0.2) is 0 Å². The van der Waals surface area contributed by atoms with Gasteiger partial charge >= 0.3 is 20.2 Å². The molecular formula is C38H57B2ClO11. The maximum Gasteiger partial charge on any atom is 0.494 e. The molecule has 0 amide bonds. The Morgan fingerprint density at radius 3 is 1.62 bits per heavy atom. The van der Waals surface area contributed by atoms with Crippen molar-refractivity contribution in [2.45, 2.75) is 89.9 Å². The van der Waals surface area contributed by atoms with Crippen molar-refractivity contribution < 1.29 is 53.4 Å². The molecule has 3 unspecified atom stereocenters. The summed E-state index contributed by atoms with van der Waals surface area (Å²) >= 11 is 4.87. The van der Waals surface area contributed by atoms with Gasteiger partial charge < -0.3 is 43.8 Å². The van der Waals surface area contributed by atoms with Crippen LogP contribution < -0.4 is 10.9 Å². The molecule has 0 bridgehead atoms. The highest BCUT2D eigenvalue weighted by atomic mass is 35.5. The van der Waals surface area contributed by atoms with Gasteiger partial charge in [0.25, 0.3) is 0 Å². The van der Waals surface area contributed by atoms with Crippen LogP contribution in [0.3, 0.4) is 0 Å². The molecule has 2 aliphatic heterocycles. The molecule has 0 radical (unpaired) electrons. The van der Waals surface area contributed by atoms with Crippen LogP contribution in [-0.2, 0) is 32.9 Å². The van der Waals surface area contributed by atoms with E-state index >= 15 is 0 Å². The van der Waals surface area contributed by atoms with Gasteiger partial charge in [0.1, 0.15) is 0 Å². The monoisotopic (exact) mass is 746 g/mol. The van der Waals surface area contributed by atoms with Crippen LogP contribution in [-0.4, -0.2) is 104 Å². The number of unbranched alkanes of at least 4 members (excludes halogenated alkanes) is 3. The van der Waals surface area contributed by atoms with E-state index in [2.05, 4.69) is 13.2 Å². The normalized spacial score (nSPS) is 16.7. The molecular weight excluding hydrogens is 689 g/mol. The molecule has 4 rings (SSSR count).